The summed E-state index contributed by atoms with van der Waals surface area (Å²) in [5, 5.41) is 24.0. The molecule has 0 aliphatic carbocycles. The summed E-state index contributed by atoms with van der Waals surface area (Å²) in [6.45, 7) is -0.121. The van der Waals surface area contributed by atoms with Crippen LogP contribution in [0.3, 0.4) is 0 Å². The summed E-state index contributed by atoms with van der Waals surface area (Å²) < 4.78 is 5.30. The highest BCUT2D eigenvalue weighted by Crippen LogP contribution is 2.31. The van der Waals surface area contributed by atoms with Crippen molar-refractivity contribution in [1.82, 2.24) is 5.32 Å². The van der Waals surface area contributed by atoms with Crippen LogP contribution in [0.4, 0.5) is 5.69 Å². The van der Waals surface area contributed by atoms with E-state index in [1.807, 2.05) is 18.2 Å². The minimum atomic E-state index is -0.957. The summed E-state index contributed by atoms with van der Waals surface area (Å²) in [5.74, 6) is -1.12. The van der Waals surface area contributed by atoms with Gasteiger partial charge in [-0.15, -0.1) is 11.3 Å². The molecule has 7 nitrogen and oxygen atoms in total. The smallest absolute Gasteiger partial charge is 0.313 e. The minimum absolute atomic E-state index is 0.121. The van der Waals surface area contributed by atoms with E-state index < -0.39 is 17.9 Å². The van der Waals surface area contributed by atoms with Crippen molar-refractivity contribution in [2.75, 3.05) is 11.9 Å². The van der Waals surface area contributed by atoms with E-state index in [1.165, 1.54) is 23.5 Å². The SMILES string of the molecule is N#Cc1ccccc1NC(=O)C(=O)NCC(O)c1ccc(-c2ccco2)s1. The summed E-state index contributed by atoms with van der Waals surface area (Å²) >= 11 is 1.33. The van der Waals surface area contributed by atoms with Gasteiger partial charge in [0.05, 0.1) is 22.4 Å². The van der Waals surface area contributed by atoms with Crippen LogP contribution >= 0.6 is 11.3 Å². The predicted molar refractivity (Wildman–Crippen MR) is 99.8 cm³/mol. The third kappa shape index (κ3) is 4.41. The highest BCUT2D eigenvalue weighted by Gasteiger charge is 2.18. The summed E-state index contributed by atoms with van der Waals surface area (Å²) in [5.41, 5.74) is 0.504. The van der Waals surface area contributed by atoms with Gasteiger partial charge in [-0.2, -0.15) is 5.26 Å². The van der Waals surface area contributed by atoms with Crippen molar-refractivity contribution in [3.8, 4) is 16.7 Å². The van der Waals surface area contributed by atoms with Crippen molar-refractivity contribution in [1.29, 1.82) is 5.26 Å². The van der Waals surface area contributed by atoms with Gasteiger partial charge in [0, 0.05) is 11.4 Å². The Bertz CT molecular complexity index is 989. The molecule has 0 bridgehead atoms. The Morgan fingerprint density at radius 3 is 2.70 bits per heavy atom. The number of carbonyl (C=O) groups excluding carboxylic acids is 2. The van der Waals surface area contributed by atoms with Gasteiger partial charge in [0.1, 0.15) is 17.9 Å². The Hall–Kier alpha value is -3.41. The fraction of sp³-hybridized carbons (Fsp3) is 0.105. The zero-order valence-corrected chi connectivity index (χ0v) is 14.8. The van der Waals surface area contributed by atoms with Crippen molar-refractivity contribution < 1.29 is 19.1 Å². The number of furan rings is 1. The lowest BCUT2D eigenvalue weighted by Crippen LogP contribution is -2.37. The number of benzene rings is 1. The Morgan fingerprint density at radius 2 is 1.96 bits per heavy atom. The lowest BCUT2D eigenvalue weighted by molar-refractivity contribution is -0.136. The minimum Gasteiger partial charge on any atom is -0.464 e. The van der Waals surface area contributed by atoms with Gasteiger partial charge in [-0.05, 0) is 36.4 Å². The molecule has 0 saturated heterocycles. The van der Waals surface area contributed by atoms with Crippen molar-refractivity contribution in [2.24, 2.45) is 0 Å². The van der Waals surface area contributed by atoms with Crippen molar-refractivity contribution >= 4 is 28.8 Å². The maximum absolute atomic E-state index is 12.0. The average molecular weight is 381 g/mol. The van der Waals surface area contributed by atoms with Crippen LogP contribution in [-0.4, -0.2) is 23.5 Å². The zero-order chi connectivity index (χ0) is 19.2. The molecule has 0 aliphatic rings. The van der Waals surface area contributed by atoms with Gasteiger partial charge in [0.25, 0.3) is 0 Å². The monoisotopic (exact) mass is 381 g/mol. The molecule has 0 radical (unpaired) electrons. The number of nitriles is 1. The fourth-order valence-corrected chi connectivity index (χ4v) is 3.28. The molecule has 0 fully saturated rings. The van der Waals surface area contributed by atoms with Gasteiger partial charge in [-0.3, -0.25) is 9.59 Å². The van der Waals surface area contributed by atoms with E-state index in [2.05, 4.69) is 10.6 Å². The van der Waals surface area contributed by atoms with Crippen LogP contribution in [-0.2, 0) is 9.59 Å². The first-order valence-electron chi connectivity index (χ1n) is 7.98. The number of nitrogens with zero attached hydrogens (tertiary/aromatic N) is 1. The first-order valence-corrected chi connectivity index (χ1v) is 8.80. The van der Waals surface area contributed by atoms with E-state index in [4.69, 9.17) is 9.68 Å². The lowest BCUT2D eigenvalue weighted by Gasteiger charge is -2.11. The number of hydrogen-bond acceptors (Lipinski definition) is 6. The Balaban J connectivity index is 1.55. The van der Waals surface area contributed by atoms with Crippen LogP contribution in [0.2, 0.25) is 0 Å². The fourth-order valence-electron chi connectivity index (χ4n) is 2.32. The quantitative estimate of drug-likeness (QED) is 0.588. The number of anilines is 1. The molecular formula is C19H15N3O4S. The molecule has 0 spiro atoms. The molecule has 3 rings (SSSR count). The van der Waals surface area contributed by atoms with E-state index in [-0.39, 0.29) is 17.8 Å². The third-order valence-electron chi connectivity index (χ3n) is 3.68. The normalized spacial score (nSPS) is 11.4. The van der Waals surface area contributed by atoms with Gasteiger partial charge in [-0.1, -0.05) is 12.1 Å². The molecule has 1 aromatic carbocycles. The molecule has 27 heavy (non-hydrogen) atoms. The van der Waals surface area contributed by atoms with E-state index >= 15 is 0 Å². The highest BCUT2D eigenvalue weighted by atomic mass is 32.1. The summed E-state index contributed by atoms with van der Waals surface area (Å²) in [6, 6.07) is 15.4. The van der Waals surface area contributed by atoms with Gasteiger partial charge >= 0.3 is 11.8 Å². The van der Waals surface area contributed by atoms with Crippen LogP contribution in [0.25, 0.3) is 10.6 Å². The Labute approximate surface area is 158 Å². The topological polar surface area (TPSA) is 115 Å². The molecule has 2 aromatic heterocycles. The standard InChI is InChI=1S/C19H15N3O4S/c20-10-12-4-1-2-5-13(12)22-19(25)18(24)21-11-14(23)16-7-8-17(27-16)15-6-3-9-26-15/h1-9,14,23H,11H2,(H,21,24)(H,22,25). The maximum atomic E-state index is 12.0. The molecule has 2 heterocycles. The zero-order valence-electron chi connectivity index (χ0n) is 14.0. The number of amides is 2. The first kappa shape index (κ1) is 18.4. The Morgan fingerprint density at radius 1 is 1.15 bits per heavy atom. The molecule has 3 N–H and O–H groups in total. The van der Waals surface area contributed by atoms with Crippen LogP contribution in [0.5, 0.6) is 0 Å². The molecule has 1 atom stereocenters. The maximum Gasteiger partial charge on any atom is 0.313 e. The van der Waals surface area contributed by atoms with Crippen LogP contribution < -0.4 is 10.6 Å². The van der Waals surface area contributed by atoms with Crippen molar-refractivity contribution in [2.45, 2.75) is 6.10 Å². The molecule has 1 unspecified atom stereocenters. The number of para-hydroxylation sites is 1. The van der Waals surface area contributed by atoms with Crippen molar-refractivity contribution in [3.63, 3.8) is 0 Å². The number of aliphatic hydroxyl groups is 1. The van der Waals surface area contributed by atoms with E-state index in [1.54, 1.807) is 30.5 Å². The summed E-state index contributed by atoms with van der Waals surface area (Å²) in [7, 11) is 0. The lowest BCUT2D eigenvalue weighted by atomic mass is 10.2. The van der Waals surface area contributed by atoms with Crippen LogP contribution in [0.15, 0.2) is 59.2 Å². The molecule has 8 heteroatoms. The van der Waals surface area contributed by atoms with Gasteiger partial charge in [-0.25, -0.2) is 0 Å². The largest absolute Gasteiger partial charge is 0.464 e. The third-order valence-corrected chi connectivity index (χ3v) is 4.88. The summed E-state index contributed by atoms with van der Waals surface area (Å²) in [4.78, 5) is 25.4. The molecule has 0 saturated carbocycles. The second-order valence-corrected chi connectivity index (χ2v) is 6.63. The number of aliphatic hydroxyl groups excluding tert-OH is 1. The van der Waals surface area contributed by atoms with Gasteiger partial charge in [0.15, 0.2) is 0 Å². The molecule has 136 valence electrons. The molecular weight excluding hydrogens is 366 g/mol. The van der Waals surface area contributed by atoms with Gasteiger partial charge < -0.3 is 20.2 Å². The van der Waals surface area contributed by atoms with Crippen molar-refractivity contribution in [3.05, 3.63) is 65.2 Å². The number of carbonyl (C=O) groups is 2. The van der Waals surface area contributed by atoms with Gasteiger partial charge in [0.2, 0.25) is 0 Å². The van der Waals surface area contributed by atoms with Crippen LogP contribution in [0.1, 0.15) is 16.5 Å². The van der Waals surface area contributed by atoms with E-state index in [0.717, 1.165) is 4.88 Å². The second-order valence-electron chi connectivity index (χ2n) is 5.52. The van der Waals surface area contributed by atoms with Crippen LogP contribution in [0, 0.1) is 11.3 Å². The number of thiophene rings is 1. The highest BCUT2D eigenvalue weighted by molar-refractivity contribution is 7.15. The Kier molecular flexibility index (Phi) is 5.66. The average Bonchev–Trinajstić information content (AvgIpc) is 3.37. The van der Waals surface area contributed by atoms with E-state index in [9.17, 15) is 14.7 Å². The molecule has 2 amide bonds. The molecule has 3 aromatic rings. The number of rotatable bonds is 5. The second kappa shape index (κ2) is 8.31. The molecule has 0 aliphatic heterocycles. The number of hydrogen-bond donors (Lipinski definition) is 3. The summed E-state index contributed by atoms with van der Waals surface area (Å²) in [6.07, 6.45) is 0.607. The first-order chi connectivity index (χ1) is 13.1. The number of nitrogens with one attached hydrogen (secondary N) is 2. The van der Waals surface area contributed by atoms with E-state index in [0.29, 0.717) is 10.6 Å². The predicted octanol–water partition coefficient (Wildman–Crippen LogP) is 2.67.